The van der Waals surface area contributed by atoms with E-state index in [4.69, 9.17) is 9.47 Å². The van der Waals surface area contributed by atoms with E-state index in [1.807, 2.05) is 85.8 Å². The van der Waals surface area contributed by atoms with E-state index in [2.05, 4.69) is 20.9 Å². The summed E-state index contributed by atoms with van der Waals surface area (Å²) in [4.78, 5) is 20.0. The minimum atomic E-state index is -0.0579. The number of amidine groups is 1. The van der Waals surface area contributed by atoms with Crippen LogP contribution in [0.25, 0.3) is 6.08 Å². The standard InChI is InChI=1S/C26H23BrN2O3S/c1-3-29-25(30)24(33-26(29)28-21-12-14-22(31-2)15-13-21)16-19-6-4-5-7-23(19)32-17-18-8-10-20(27)11-9-18/h4-16H,3,17H2,1-2H3/b24-16+,28-26?. The number of aliphatic imine (C=N–C) groups is 1. The normalized spacial score (nSPS) is 16.0. The van der Waals surface area contributed by atoms with E-state index >= 15 is 0 Å². The van der Waals surface area contributed by atoms with Gasteiger partial charge < -0.3 is 9.47 Å². The van der Waals surface area contributed by atoms with Gasteiger partial charge in [-0.3, -0.25) is 9.69 Å². The van der Waals surface area contributed by atoms with Crippen LogP contribution in [0.4, 0.5) is 5.69 Å². The number of rotatable bonds is 7. The molecule has 0 spiro atoms. The Balaban J connectivity index is 1.56. The van der Waals surface area contributed by atoms with Gasteiger partial charge in [0.25, 0.3) is 5.91 Å². The van der Waals surface area contributed by atoms with E-state index in [9.17, 15) is 4.79 Å². The number of hydrogen-bond acceptors (Lipinski definition) is 5. The minimum absolute atomic E-state index is 0.0579. The van der Waals surface area contributed by atoms with Crippen LogP contribution in [0.2, 0.25) is 0 Å². The number of thioether (sulfide) groups is 1. The molecule has 1 aliphatic heterocycles. The molecule has 0 saturated carbocycles. The van der Waals surface area contributed by atoms with Crippen LogP contribution in [0.15, 0.2) is 87.2 Å². The molecular weight excluding hydrogens is 500 g/mol. The maximum atomic E-state index is 13.1. The first-order chi connectivity index (χ1) is 16.1. The number of ether oxygens (including phenoxy) is 2. The summed E-state index contributed by atoms with van der Waals surface area (Å²) < 4.78 is 12.3. The zero-order valence-electron chi connectivity index (χ0n) is 18.3. The lowest BCUT2D eigenvalue weighted by Gasteiger charge is -2.12. The lowest BCUT2D eigenvalue weighted by atomic mass is 10.1. The van der Waals surface area contributed by atoms with E-state index < -0.39 is 0 Å². The van der Waals surface area contributed by atoms with E-state index in [1.165, 1.54) is 11.8 Å². The summed E-state index contributed by atoms with van der Waals surface area (Å²) in [5, 5.41) is 0.659. The number of methoxy groups -OCH3 is 1. The molecule has 1 saturated heterocycles. The third-order valence-corrected chi connectivity index (χ3v) is 6.55. The highest BCUT2D eigenvalue weighted by molar-refractivity contribution is 9.10. The average molecular weight is 523 g/mol. The van der Waals surface area contributed by atoms with Crippen molar-refractivity contribution in [2.75, 3.05) is 13.7 Å². The molecule has 1 amide bonds. The molecule has 3 aromatic carbocycles. The van der Waals surface area contributed by atoms with E-state index in [-0.39, 0.29) is 5.91 Å². The SMILES string of the molecule is CCN1C(=O)/C(=C\c2ccccc2OCc2ccc(Br)cc2)SC1=Nc1ccc(OC)cc1. The molecule has 0 N–H and O–H groups in total. The molecule has 168 valence electrons. The number of likely N-dealkylation sites (N-methyl/N-ethyl adjacent to an activating group) is 1. The van der Waals surface area contributed by atoms with Gasteiger partial charge in [-0.25, -0.2) is 4.99 Å². The summed E-state index contributed by atoms with van der Waals surface area (Å²) in [5.41, 5.74) is 2.69. The van der Waals surface area contributed by atoms with Crippen molar-refractivity contribution in [3.05, 3.63) is 93.3 Å². The molecular formula is C26H23BrN2O3S. The minimum Gasteiger partial charge on any atom is -0.497 e. The Morgan fingerprint density at radius 2 is 1.76 bits per heavy atom. The van der Waals surface area contributed by atoms with Gasteiger partial charge in [-0.05, 0) is 72.8 Å². The second-order valence-electron chi connectivity index (χ2n) is 7.21. The van der Waals surface area contributed by atoms with Gasteiger partial charge in [-0.2, -0.15) is 0 Å². The molecule has 1 heterocycles. The van der Waals surface area contributed by atoms with Crippen molar-refractivity contribution < 1.29 is 14.3 Å². The third kappa shape index (κ3) is 5.67. The average Bonchev–Trinajstić information content (AvgIpc) is 3.13. The fraction of sp³-hybridized carbons (Fsp3) is 0.154. The maximum Gasteiger partial charge on any atom is 0.266 e. The molecule has 1 fully saturated rings. The number of carbonyl (C=O) groups is 1. The third-order valence-electron chi connectivity index (χ3n) is 5.01. The van der Waals surface area contributed by atoms with Crippen LogP contribution < -0.4 is 9.47 Å². The van der Waals surface area contributed by atoms with Crippen molar-refractivity contribution in [3.63, 3.8) is 0 Å². The number of hydrogen-bond donors (Lipinski definition) is 0. The molecule has 0 bridgehead atoms. The molecule has 0 unspecified atom stereocenters. The van der Waals surface area contributed by atoms with Crippen molar-refractivity contribution in [2.45, 2.75) is 13.5 Å². The highest BCUT2D eigenvalue weighted by Gasteiger charge is 2.32. The Morgan fingerprint density at radius 3 is 2.45 bits per heavy atom. The van der Waals surface area contributed by atoms with Crippen LogP contribution in [-0.2, 0) is 11.4 Å². The Hall–Kier alpha value is -3.03. The topological polar surface area (TPSA) is 51.1 Å². The van der Waals surface area contributed by atoms with Crippen molar-refractivity contribution in [3.8, 4) is 11.5 Å². The van der Waals surface area contributed by atoms with Crippen LogP contribution in [0.1, 0.15) is 18.1 Å². The van der Waals surface area contributed by atoms with Crippen molar-refractivity contribution in [1.82, 2.24) is 4.90 Å². The zero-order valence-corrected chi connectivity index (χ0v) is 20.7. The van der Waals surface area contributed by atoms with Crippen LogP contribution in [0.5, 0.6) is 11.5 Å². The number of para-hydroxylation sites is 1. The fourth-order valence-electron chi connectivity index (χ4n) is 3.25. The molecule has 0 aromatic heterocycles. The second kappa shape index (κ2) is 10.7. The Labute approximate surface area is 206 Å². The fourth-order valence-corrected chi connectivity index (χ4v) is 4.57. The van der Waals surface area contributed by atoms with E-state index in [0.717, 1.165) is 32.8 Å². The predicted molar refractivity (Wildman–Crippen MR) is 138 cm³/mol. The monoisotopic (exact) mass is 522 g/mol. The Bertz CT molecular complexity index is 1190. The summed E-state index contributed by atoms with van der Waals surface area (Å²) in [6.07, 6.45) is 1.88. The van der Waals surface area contributed by atoms with Gasteiger partial charge >= 0.3 is 0 Å². The van der Waals surface area contributed by atoms with E-state index in [0.29, 0.717) is 23.2 Å². The summed E-state index contributed by atoms with van der Waals surface area (Å²) in [6, 6.07) is 23.2. The molecule has 0 aliphatic carbocycles. The van der Waals surface area contributed by atoms with Crippen LogP contribution in [0, 0.1) is 0 Å². The largest absolute Gasteiger partial charge is 0.497 e. The highest BCUT2D eigenvalue weighted by atomic mass is 79.9. The smallest absolute Gasteiger partial charge is 0.266 e. The van der Waals surface area contributed by atoms with Gasteiger partial charge in [-0.1, -0.05) is 46.3 Å². The van der Waals surface area contributed by atoms with Gasteiger partial charge in [-0.15, -0.1) is 0 Å². The Kier molecular flexibility index (Phi) is 7.52. The number of nitrogens with zero attached hydrogens (tertiary/aromatic N) is 2. The Morgan fingerprint density at radius 1 is 1.03 bits per heavy atom. The first kappa shape index (κ1) is 23.1. The van der Waals surface area contributed by atoms with Gasteiger partial charge in [0.2, 0.25) is 0 Å². The lowest BCUT2D eigenvalue weighted by molar-refractivity contribution is -0.122. The first-order valence-corrected chi connectivity index (χ1v) is 12.1. The van der Waals surface area contributed by atoms with E-state index in [1.54, 1.807) is 12.0 Å². The number of benzene rings is 3. The molecule has 4 rings (SSSR count). The summed E-state index contributed by atoms with van der Waals surface area (Å²) >= 11 is 4.82. The molecule has 3 aromatic rings. The second-order valence-corrected chi connectivity index (χ2v) is 9.13. The van der Waals surface area contributed by atoms with Crippen LogP contribution in [0.3, 0.4) is 0 Å². The summed E-state index contributed by atoms with van der Waals surface area (Å²) in [5.74, 6) is 1.43. The quantitative estimate of drug-likeness (QED) is 0.325. The molecule has 1 aliphatic rings. The van der Waals surface area contributed by atoms with Gasteiger partial charge in [0.15, 0.2) is 5.17 Å². The van der Waals surface area contributed by atoms with Crippen LogP contribution in [-0.4, -0.2) is 29.6 Å². The predicted octanol–water partition coefficient (Wildman–Crippen LogP) is 6.66. The maximum absolute atomic E-state index is 13.1. The molecule has 0 atom stereocenters. The zero-order chi connectivity index (χ0) is 23.2. The summed E-state index contributed by atoms with van der Waals surface area (Å²) in [6.45, 7) is 2.93. The van der Waals surface area contributed by atoms with Crippen molar-refractivity contribution in [1.29, 1.82) is 0 Å². The molecule has 7 heteroatoms. The van der Waals surface area contributed by atoms with Gasteiger partial charge in [0.05, 0.1) is 17.7 Å². The van der Waals surface area contributed by atoms with Crippen molar-refractivity contribution >= 4 is 50.5 Å². The summed E-state index contributed by atoms with van der Waals surface area (Å²) in [7, 11) is 1.63. The highest BCUT2D eigenvalue weighted by Crippen LogP contribution is 2.35. The molecule has 0 radical (unpaired) electrons. The number of amides is 1. The van der Waals surface area contributed by atoms with Crippen LogP contribution >= 0.6 is 27.7 Å². The first-order valence-electron chi connectivity index (χ1n) is 10.5. The molecule has 5 nitrogen and oxygen atoms in total. The lowest BCUT2D eigenvalue weighted by Crippen LogP contribution is -2.28. The van der Waals surface area contributed by atoms with Gasteiger partial charge in [0.1, 0.15) is 18.1 Å². The van der Waals surface area contributed by atoms with Gasteiger partial charge in [0, 0.05) is 16.6 Å². The number of halogens is 1. The number of carbonyl (C=O) groups excluding carboxylic acids is 1. The molecule has 33 heavy (non-hydrogen) atoms. The van der Waals surface area contributed by atoms with Crippen molar-refractivity contribution in [2.24, 2.45) is 4.99 Å².